The number of carbonyl (C=O) groups excluding carboxylic acids is 1. The van der Waals surface area contributed by atoms with Crippen LogP contribution in [0.25, 0.3) is 0 Å². The predicted octanol–water partition coefficient (Wildman–Crippen LogP) is 7.06. The van der Waals surface area contributed by atoms with Crippen molar-refractivity contribution in [3.8, 4) is 0 Å². The SMILES string of the molecule is C=C(O[Si](C)(C)C(C)(C)C)/C(C)=C/[C@H](Cc1ccccc1)N(CC1=CCOC1=O)Cc1ccccc1. The minimum atomic E-state index is -2.01. The lowest BCUT2D eigenvalue weighted by molar-refractivity contribution is -0.136. The van der Waals surface area contributed by atoms with Crippen LogP contribution in [0.3, 0.4) is 0 Å². The molecule has 0 bridgehead atoms. The van der Waals surface area contributed by atoms with Crippen molar-refractivity contribution in [2.75, 3.05) is 13.2 Å². The van der Waals surface area contributed by atoms with E-state index in [1.165, 1.54) is 11.1 Å². The first kappa shape index (κ1) is 27.7. The molecule has 4 nitrogen and oxygen atoms in total. The second-order valence-corrected chi connectivity index (χ2v) is 15.8. The van der Waals surface area contributed by atoms with E-state index in [1.807, 2.05) is 18.2 Å². The maximum atomic E-state index is 12.4. The minimum Gasteiger partial charge on any atom is -0.544 e. The molecule has 5 heteroatoms. The topological polar surface area (TPSA) is 38.8 Å². The molecule has 0 aromatic heterocycles. The van der Waals surface area contributed by atoms with Crippen molar-refractivity contribution in [3.63, 3.8) is 0 Å². The Hall–Kier alpha value is -2.89. The molecule has 0 saturated heterocycles. The van der Waals surface area contributed by atoms with E-state index in [0.717, 1.165) is 17.8 Å². The monoisotopic (exact) mass is 503 g/mol. The summed E-state index contributed by atoms with van der Waals surface area (Å²) in [7, 11) is -2.01. The molecule has 1 aliphatic rings. The first-order chi connectivity index (χ1) is 17.0. The number of hydrogen-bond donors (Lipinski definition) is 0. The van der Waals surface area contributed by atoms with Crippen LogP contribution in [0.2, 0.25) is 18.1 Å². The van der Waals surface area contributed by atoms with Crippen molar-refractivity contribution in [2.24, 2.45) is 0 Å². The van der Waals surface area contributed by atoms with Gasteiger partial charge in [-0.1, -0.05) is 94.1 Å². The molecule has 2 aromatic rings. The molecule has 0 saturated carbocycles. The average Bonchev–Trinajstić information content (AvgIpc) is 3.22. The fourth-order valence-corrected chi connectivity index (χ4v) is 5.01. The van der Waals surface area contributed by atoms with Crippen LogP contribution in [0.4, 0.5) is 0 Å². The molecule has 0 radical (unpaired) electrons. The van der Waals surface area contributed by atoms with Gasteiger partial charge in [-0.15, -0.1) is 0 Å². The van der Waals surface area contributed by atoms with Crippen molar-refractivity contribution in [3.05, 3.63) is 107 Å². The second kappa shape index (κ2) is 11.9. The fourth-order valence-electron chi connectivity index (χ4n) is 3.92. The lowest BCUT2D eigenvalue weighted by Gasteiger charge is -2.37. The molecule has 0 unspecified atom stereocenters. The molecule has 0 spiro atoms. The van der Waals surface area contributed by atoms with Crippen LogP contribution in [0.15, 0.2) is 96.3 Å². The van der Waals surface area contributed by atoms with E-state index in [1.54, 1.807) is 0 Å². The number of cyclic esters (lactones) is 1. The molecule has 192 valence electrons. The smallest absolute Gasteiger partial charge is 0.335 e. The fraction of sp³-hybridized carbons (Fsp3) is 0.387. The molecule has 1 heterocycles. The van der Waals surface area contributed by atoms with Gasteiger partial charge in [0, 0.05) is 19.1 Å². The summed E-state index contributed by atoms with van der Waals surface area (Å²) >= 11 is 0. The normalized spacial score (nSPS) is 15.5. The van der Waals surface area contributed by atoms with Crippen LogP contribution in [0.5, 0.6) is 0 Å². The molecule has 1 atom stereocenters. The molecule has 0 N–H and O–H groups in total. The Kier molecular flexibility index (Phi) is 9.15. The zero-order valence-electron chi connectivity index (χ0n) is 22.7. The van der Waals surface area contributed by atoms with E-state index in [0.29, 0.717) is 25.3 Å². The Bertz CT molecular complexity index is 1100. The van der Waals surface area contributed by atoms with Gasteiger partial charge in [-0.3, -0.25) is 4.90 Å². The summed E-state index contributed by atoms with van der Waals surface area (Å²) in [4.78, 5) is 14.7. The standard InChI is InChI=1S/C31H41NO3Si/c1-24(25(2)35-36(6,7)31(3,4)5)20-29(21-26-14-10-8-11-15-26)32(22-27-16-12-9-13-17-27)23-28-18-19-34-30(28)33/h8-18,20,29H,2,19,21-23H2,1,3-7H3/b24-20+/t29-/m1/s1. The molecule has 1 aliphatic heterocycles. The van der Waals surface area contributed by atoms with Crippen molar-refractivity contribution < 1.29 is 14.0 Å². The van der Waals surface area contributed by atoms with Crippen LogP contribution in [-0.2, 0) is 26.9 Å². The van der Waals surface area contributed by atoms with Crippen LogP contribution < -0.4 is 0 Å². The molecule has 3 rings (SSSR count). The average molecular weight is 504 g/mol. The summed E-state index contributed by atoms with van der Waals surface area (Å²) in [6, 6.07) is 20.9. The lowest BCUT2D eigenvalue weighted by Crippen LogP contribution is -2.40. The number of ether oxygens (including phenoxy) is 1. The number of rotatable bonds is 11. The van der Waals surface area contributed by atoms with Crippen LogP contribution in [-0.4, -0.2) is 38.4 Å². The Morgan fingerprint density at radius 1 is 1.06 bits per heavy atom. The van der Waals surface area contributed by atoms with Crippen LogP contribution in [0.1, 0.15) is 38.8 Å². The number of nitrogens with zero attached hydrogens (tertiary/aromatic N) is 1. The highest BCUT2D eigenvalue weighted by Gasteiger charge is 2.39. The van der Waals surface area contributed by atoms with Gasteiger partial charge in [0.2, 0.25) is 8.32 Å². The number of allylic oxidation sites excluding steroid dienone is 1. The summed E-state index contributed by atoms with van der Waals surface area (Å²) in [5, 5.41) is 0.0916. The summed E-state index contributed by atoms with van der Waals surface area (Å²) in [5.74, 6) is 0.511. The third-order valence-corrected chi connectivity index (χ3v) is 11.6. The quantitative estimate of drug-likeness (QED) is 0.142. The number of benzene rings is 2. The summed E-state index contributed by atoms with van der Waals surface area (Å²) in [5.41, 5.74) is 4.18. The molecule has 2 aromatic carbocycles. The number of carbonyl (C=O) groups is 1. The van der Waals surface area contributed by atoms with Gasteiger partial charge in [-0.2, -0.15) is 0 Å². The second-order valence-electron chi connectivity index (χ2n) is 11.1. The number of hydrogen-bond acceptors (Lipinski definition) is 4. The van der Waals surface area contributed by atoms with E-state index in [4.69, 9.17) is 9.16 Å². The highest BCUT2D eigenvalue weighted by Crippen LogP contribution is 2.38. The van der Waals surface area contributed by atoms with E-state index in [2.05, 4.69) is 107 Å². The Morgan fingerprint density at radius 2 is 1.64 bits per heavy atom. The number of esters is 1. The van der Waals surface area contributed by atoms with Gasteiger partial charge in [0.15, 0.2) is 0 Å². The highest BCUT2D eigenvalue weighted by molar-refractivity contribution is 6.74. The van der Waals surface area contributed by atoms with E-state index in [9.17, 15) is 4.79 Å². The zero-order valence-corrected chi connectivity index (χ0v) is 23.7. The van der Waals surface area contributed by atoms with Crippen LogP contribution >= 0.6 is 0 Å². The maximum absolute atomic E-state index is 12.4. The van der Waals surface area contributed by atoms with E-state index < -0.39 is 8.32 Å². The highest BCUT2D eigenvalue weighted by atomic mass is 28.4. The largest absolute Gasteiger partial charge is 0.544 e. The Morgan fingerprint density at radius 3 is 2.17 bits per heavy atom. The van der Waals surface area contributed by atoms with Crippen molar-refractivity contribution in [2.45, 2.75) is 64.8 Å². The van der Waals surface area contributed by atoms with Gasteiger partial charge in [-0.05, 0) is 54.3 Å². The van der Waals surface area contributed by atoms with Gasteiger partial charge in [0.05, 0.1) is 11.3 Å². The molecular weight excluding hydrogens is 462 g/mol. The first-order valence-electron chi connectivity index (χ1n) is 12.7. The molecule has 0 aliphatic carbocycles. The summed E-state index contributed by atoms with van der Waals surface area (Å²) in [6.07, 6.45) is 4.96. The van der Waals surface area contributed by atoms with Crippen molar-refractivity contribution in [1.82, 2.24) is 4.90 Å². The van der Waals surface area contributed by atoms with Gasteiger partial charge >= 0.3 is 5.97 Å². The minimum absolute atomic E-state index is 0.0293. The van der Waals surface area contributed by atoms with Crippen LogP contribution in [0, 0.1) is 0 Å². The molecule has 0 fully saturated rings. The Labute approximate surface area is 218 Å². The van der Waals surface area contributed by atoms with E-state index in [-0.39, 0.29) is 17.0 Å². The third kappa shape index (κ3) is 7.55. The van der Waals surface area contributed by atoms with Gasteiger partial charge < -0.3 is 9.16 Å². The van der Waals surface area contributed by atoms with Crippen molar-refractivity contribution >= 4 is 14.3 Å². The lowest BCUT2D eigenvalue weighted by atomic mass is 10.00. The first-order valence-corrected chi connectivity index (χ1v) is 15.6. The predicted molar refractivity (Wildman–Crippen MR) is 151 cm³/mol. The third-order valence-electron chi connectivity index (χ3n) is 7.23. The molecule has 36 heavy (non-hydrogen) atoms. The summed E-state index contributed by atoms with van der Waals surface area (Å²) in [6.45, 7) is 19.2. The van der Waals surface area contributed by atoms with Crippen molar-refractivity contribution in [1.29, 1.82) is 0 Å². The molecule has 0 amide bonds. The maximum Gasteiger partial charge on any atom is 0.335 e. The van der Waals surface area contributed by atoms with Gasteiger partial charge in [0.1, 0.15) is 6.61 Å². The molecular formula is C31H41NO3Si. The van der Waals surface area contributed by atoms with Gasteiger partial charge in [0.25, 0.3) is 0 Å². The van der Waals surface area contributed by atoms with E-state index >= 15 is 0 Å². The van der Waals surface area contributed by atoms with Gasteiger partial charge in [-0.25, -0.2) is 4.79 Å². The zero-order chi connectivity index (χ0) is 26.3. The Balaban J connectivity index is 1.95. The summed E-state index contributed by atoms with van der Waals surface area (Å²) < 4.78 is 11.8.